The van der Waals surface area contributed by atoms with Gasteiger partial charge < -0.3 is 25.3 Å². The summed E-state index contributed by atoms with van der Waals surface area (Å²) in [5, 5.41) is 6.10. The number of carbonyl (C=O) groups is 4. The molecule has 36 heavy (non-hydrogen) atoms. The Kier molecular flexibility index (Phi) is 5.73. The minimum absolute atomic E-state index is 0.0373. The van der Waals surface area contributed by atoms with Crippen molar-refractivity contribution in [3.8, 4) is 0 Å². The topological polar surface area (TPSA) is 146 Å². The van der Waals surface area contributed by atoms with Gasteiger partial charge in [0.2, 0.25) is 11.8 Å². The Bertz CT molecular complexity index is 1380. The molecule has 5 rings (SSSR count). The Morgan fingerprint density at radius 2 is 2.03 bits per heavy atom. The van der Waals surface area contributed by atoms with Crippen LogP contribution in [-0.2, 0) is 24.2 Å². The summed E-state index contributed by atoms with van der Waals surface area (Å²) in [5.74, 6) is -1.07. The summed E-state index contributed by atoms with van der Waals surface area (Å²) < 4.78 is 23.8. The highest BCUT2D eigenvalue weighted by atomic mass is 32.2. The zero-order valence-electron chi connectivity index (χ0n) is 20.4. The van der Waals surface area contributed by atoms with Gasteiger partial charge in [-0.3, -0.25) is 14.4 Å². The third-order valence-electron chi connectivity index (χ3n) is 8.18. The molecule has 3 heterocycles. The van der Waals surface area contributed by atoms with Crippen molar-refractivity contribution in [1.29, 1.82) is 0 Å². The summed E-state index contributed by atoms with van der Waals surface area (Å²) in [5.41, 5.74) is 0.778. The lowest BCUT2D eigenvalue weighted by atomic mass is 9.97. The maximum Gasteiger partial charge on any atom is 0.271 e. The number of hydrogen-bond donors (Lipinski definition) is 3. The third-order valence-corrected chi connectivity index (χ3v) is 9.29. The van der Waals surface area contributed by atoms with Crippen molar-refractivity contribution < 1.29 is 27.6 Å². The number of fused-ring (bicyclic) bond motifs is 2. The highest BCUT2D eigenvalue weighted by Gasteiger charge is 2.69. The van der Waals surface area contributed by atoms with Crippen molar-refractivity contribution in [1.82, 2.24) is 20.5 Å². The van der Waals surface area contributed by atoms with Crippen molar-refractivity contribution in [3.63, 3.8) is 0 Å². The molecule has 11 heteroatoms. The second-order valence-corrected chi connectivity index (χ2v) is 12.8. The summed E-state index contributed by atoms with van der Waals surface area (Å²) in [6.45, 7) is 5.11. The van der Waals surface area contributed by atoms with Crippen molar-refractivity contribution in [2.75, 3.05) is 19.3 Å². The number of aldehydes is 1. The molecule has 2 aliphatic heterocycles. The highest BCUT2D eigenvalue weighted by Crippen LogP contribution is 2.65. The lowest BCUT2D eigenvalue weighted by Gasteiger charge is -2.30. The summed E-state index contributed by atoms with van der Waals surface area (Å²) in [7, 11) is -3.40. The molecule has 5 atom stereocenters. The van der Waals surface area contributed by atoms with E-state index in [9.17, 15) is 27.6 Å². The zero-order valence-corrected chi connectivity index (χ0v) is 21.2. The van der Waals surface area contributed by atoms with E-state index in [4.69, 9.17) is 0 Å². The standard InChI is InChI=1S/C25H30N4O6S/c1-25(2)17-11-29(24(33)19-10-14-9-16(36(3,34)35)4-5-18(14)28-19)21(20(17)25)23(32)27-15(12-30)8-13-6-7-26-22(13)31/h4-5,9-10,12-13,15,17,20-21,28H,6-8,11H2,1-3H3,(H,26,31)(H,27,32)/t13-,15-,17-,20-,21-/m0/s1. The van der Waals surface area contributed by atoms with Gasteiger partial charge in [0, 0.05) is 36.2 Å². The minimum Gasteiger partial charge on any atom is -0.356 e. The minimum atomic E-state index is -3.40. The summed E-state index contributed by atoms with van der Waals surface area (Å²) in [6.07, 6.45) is 2.62. The van der Waals surface area contributed by atoms with Crippen LogP contribution in [0.2, 0.25) is 0 Å². The molecule has 1 aromatic carbocycles. The van der Waals surface area contributed by atoms with Crippen molar-refractivity contribution in [2.45, 2.75) is 43.7 Å². The highest BCUT2D eigenvalue weighted by molar-refractivity contribution is 7.90. The van der Waals surface area contributed by atoms with Crippen LogP contribution >= 0.6 is 0 Å². The zero-order chi connectivity index (χ0) is 26.0. The second kappa shape index (κ2) is 8.43. The van der Waals surface area contributed by atoms with Crippen LogP contribution in [0.5, 0.6) is 0 Å². The fraction of sp³-hybridized carbons (Fsp3) is 0.520. The summed E-state index contributed by atoms with van der Waals surface area (Å²) in [4.78, 5) is 55.4. The number of H-pyrrole nitrogens is 1. The number of nitrogens with one attached hydrogen (secondary N) is 3. The molecule has 3 fully saturated rings. The molecule has 10 nitrogen and oxygen atoms in total. The molecular formula is C25H30N4O6S. The summed E-state index contributed by atoms with van der Waals surface area (Å²) in [6, 6.07) is 4.66. The number of nitrogens with zero attached hydrogens (tertiary/aromatic N) is 1. The van der Waals surface area contributed by atoms with Gasteiger partial charge in [-0.1, -0.05) is 13.8 Å². The van der Waals surface area contributed by atoms with E-state index in [-0.39, 0.29) is 52.0 Å². The maximum atomic E-state index is 13.5. The number of carbonyl (C=O) groups excluding carboxylic acids is 4. The van der Waals surface area contributed by atoms with Gasteiger partial charge in [0.25, 0.3) is 5.91 Å². The van der Waals surface area contributed by atoms with Gasteiger partial charge in [-0.15, -0.1) is 0 Å². The third kappa shape index (κ3) is 4.08. The monoisotopic (exact) mass is 514 g/mol. The average molecular weight is 515 g/mol. The predicted molar refractivity (Wildman–Crippen MR) is 131 cm³/mol. The van der Waals surface area contributed by atoms with Crippen LogP contribution in [0.3, 0.4) is 0 Å². The summed E-state index contributed by atoms with van der Waals surface area (Å²) >= 11 is 0. The van der Waals surface area contributed by atoms with Crippen LogP contribution in [0.1, 0.15) is 37.2 Å². The van der Waals surface area contributed by atoms with Crippen LogP contribution in [-0.4, -0.2) is 73.7 Å². The number of sulfone groups is 1. The molecule has 0 spiro atoms. The second-order valence-electron chi connectivity index (χ2n) is 10.8. The molecule has 3 amide bonds. The Labute approximate surface area is 209 Å². The normalized spacial score (nSPS) is 27.4. The van der Waals surface area contributed by atoms with Crippen molar-refractivity contribution in [3.05, 3.63) is 30.0 Å². The van der Waals surface area contributed by atoms with E-state index in [1.54, 1.807) is 17.0 Å². The maximum absolute atomic E-state index is 13.5. The number of aromatic nitrogens is 1. The predicted octanol–water partition coefficient (Wildman–Crippen LogP) is 0.878. The first-order valence-electron chi connectivity index (χ1n) is 12.1. The van der Waals surface area contributed by atoms with Crippen molar-refractivity contribution >= 4 is 44.7 Å². The Morgan fingerprint density at radius 1 is 1.28 bits per heavy atom. The lowest BCUT2D eigenvalue weighted by molar-refractivity contribution is -0.129. The molecule has 1 saturated carbocycles. The van der Waals surface area contributed by atoms with Crippen LogP contribution in [0, 0.1) is 23.2 Å². The van der Waals surface area contributed by atoms with E-state index >= 15 is 0 Å². The number of amides is 3. The molecule has 0 bridgehead atoms. The Balaban J connectivity index is 1.37. The van der Waals surface area contributed by atoms with E-state index in [1.807, 2.05) is 0 Å². The van der Waals surface area contributed by atoms with Gasteiger partial charge in [0.15, 0.2) is 9.84 Å². The van der Waals surface area contributed by atoms with Gasteiger partial charge in [0.1, 0.15) is 18.0 Å². The molecule has 0 unspecified atom stereocenters. The molecule has 1 aliphatic carbocycles. The molecule has 3 N–H and O–H groups in total. The van der Waals surface area contributed by atoms with Crippen LogP contribution in [0.25, 0.3) is 10.9 Å². The lowest BCUT2D eigenvalue weighted by Crippen LogP contribution is -2.52. The number of rotatable bonds is 7. The number of hydrogen-bond acceptors (Lipinski definition) is 6. The Morgan fingerprint density at radius 3 is 2.67 bits per heavy atom. The van der Waals surface area contributed by atoms with E-state index in [0.717, 1.165) is 6.26 Å². The van der Waals surface area contributed by atoms with Crippen molar-refractivity contribution in [2.24, 2.45) is 23.2 Å². The Hall–Kier alpha value is -3.21. The van der Waals surface area contributed by atoms with Gasteiger partial charge in [-0.2, -0.15) is 0 Å². The van der Waals surface area contributed by atoms with Gasteiger partial charge in [-0.25, -0.2) is 8.42 Å². The first-order chi connectivity index (χ1) is 16.9. The molecule has 1 aromatic heterocycles. The fourth-order valence-electron chi connectivity index (χ4n) is 6.00. The quantitative estimate of drug-likeness (QED) is 0.468. The van der Waals surface area contributed by atoms with Gasteiger partial charge in [-0.05, 0) is 54.4 Å². The van der Waals surface area contributed by atoms with Gasteiger partial charge in [0.05, 0.1) is 10.9 Å². The smallest absolute Gasteiger partial charge is 0.271 e. The fourth-order valence-corrected chi connectivity index (χ4v) is 6.66. The van der Waals surface area contributed by atoms with Crippen LogP contribution in [0.15, 0.2) is 29.2 Å². The number of piperidine rings is 1. The van der Waals surface area contributed by atoms with E-state index in [1.165, 1.54) is 12.1 Å². The first-order valence-corrected chi connectivity index (χ1v) is 14.0. The van der Waals surface area contributed by atoms with E-state index in [0.29, 0.717) is 36.7 Å². The van der Waals surface area contributed by atoms with E-state index < -0.39 is 27.8 Å². The average Bonchev–Trinajstić information content (AvgIpc) is 3.32. The van der Waals surface area contributed by atoms with Crippen LogP contribution < -0.4 is 10.6 Å². The number of benzene rings is 1. The molecule has 2 aromatic rings. The van der Waals surface area contributed by atoms with Gasteiger partial charge >= 0.3 is 0 Å². The SMILES string of the molecule is CC1(C)[C@@H]2[C@@H](C(=O)N[C@H](C=O)C[C@@H]3CCNC3=O)N(C(=O)c3cc4cc(S(C)(=O)=O)ccc4[nH]3)C[C@@H]21. The number of likely N-dealkylation sites (tertiary alicyclic amines) is 1. The largest absolute Gasteiger partial charge is 0.356 e. The van der Waals surface area contributed by atoms with E-state index in [2.05, 4.69) is 29.5 Å². The number of aromatic amines is 1. The molecule has 2 saturated heterocycles. The molecular weight excluding hydrogens is 484 g/mol. The molecule has 192 valence electrons. The first kappa shape index (κ1) is 24.5. The molecule has 0 radical (unpaired) electrons. The molecule has 3 aliphatic rings. The van der Waals surface area contributed by atoms with Crippen LogP contribution in [0.4, 0.5) is 0 Å².